The molecule has 5 heteroatoms. The van der Waals surface area contributed by atoms with Crippen LogP contribution in [0.4, 0.5) is 0 Å². The van der Waals surface area contributed by atoms with Crippen molar-refractivity contribution in [2.24, 2.45) is 0 Å². The van der Waals surface area contributed by atoms with Crippen molar-refractivity contribution in [3.63, 3.8) is 0 Å². The molecule has 3 N–H and O–H groups in total. The number of hydrogen-bond donors (Lipinski definition) is 3. The molecule has 0 amide bonds. The maximum absolute atomic E-state index is 12.0. The van der Waals surface area contributed by atoms with Crippen molar-refractivity contribution in [1.29, 1.82) is 0 Å². The van der Waals surface area contributed by atoms with Gasteiger partial charge in [-0.3, -0.25) is 9.59 Å². The average Bonchev–Trinajstić information content (AvgIpc) is 2.69. The lowest BCUT2D eigenvalue weighted by Crippen LogP contribution is -2.28. The number of rotatable bonds is 16. The Kier molecular flexibility index (Phi) is 13.0. The summed E-state index contributed by atoms with van der Waals surface area (Å²) in [6.45, 7) is 2.32. The Bertz CT molecular complexity index is 575. The van der Waals surface area contributed by atoms with Gasteiger partial charge in [-0.25, -0.2) is 0 Å². The lowest BCUT2D eigenvalue weighted by atomic mass is 9.93. The Hall–Kier alpha value is -1.88. The Morgan fingerprint density at radius 2 is 1.54 bits per heavy atom. The summed E-state index contributed by atoms with van der Waals surface area (Å²) < 4.78 is 0. The molecule has 158 valence electrons. The lowest BCUT2D eigenvalue weighted by molar-refractivity contribution is -0.132. The first-order valence-corrected chi connectivity index (χ1v) is 10.8. The van der Waals surface area contributed by atoms with Crippen LogP contribution < -0.4 is 5.32 Å². The highest BCUT2D eigenvalue weighted by Gasteiger charge is 2.27. The van der Waals surface area contributed by atoms with E-state index in [9.17, 15) is 14.7 Å². The third-order valence-electron chi connectivity index (χ3n) is 4.93. The molecular formula is C23H37NO4. The number of carbonyl (C=O) groups is 2. The van der Waals surface area contributed by atoms with E-state index in [0.29, 0.717) is 6.42 Å². The van der Waals surface area contributed by atoms with E-state index in [-0.39, 0.29) is 30.2 Å². The highest BCUT2D eigenvalue weighted by atomic mass is 16.3. The lowest BCUT2D eigenvalue weighted by Gasteiger charge is -2.17. The molecule has 0 spiro atoms. The predicted octanol–water partition coefficient (Wildman–Crippen LogP) is 4.67. The molecule has 0 aromatic rings. The Balaban J connectivity index is 2.17. The van der Waals surface area contributed by atoms with Gasteiger partial charge < -0.3 is 15.5 Å². The summed E-state index contributed by atoms with van der Waals surface area (Å²) in [5.74, 6) is -1.37. The number of aliphatic hydroxyl groups is 2. The van der Waals surface area contributed by atoms with E-state index in [2.05, 4.69) is 24.4 Å². The third-order valence-corrected chi connectivity index (χ3v) is 4.93. The molecule has 0 saturated heterocycles. The summed E-state index contributed by atoms with van der Waals surface area (Å²) in [6.07, 6.45) is 18.8. The minimum atomic E-state index is -0.614. The van der Waals surface area contributed by atoms with Crippen molar-refractivity contribution < 1.29 is 19.8 Å². The highest BCUT2D eigenvalue weighted by Crippen LogP contribution is 2.23. The van der Waals surface area contributed by atoms with Crippen molar-refractivity contribution in [3.05, 3.63) is 35.3 Å². The topological polar surface area (TPSA) is 86.6 Å². The minimum absolute atomic E-state index is 0.114. The van der Waals surface area contributed by atoms with Gasteiger partial charge in [0, 0.05) is 18.2 Å². The molecule has 28 heavy (non-hydrogen) atoms. The molecule has 0 fully saturated rings. The van der Waals surface area contributed by atoms with Crippen LogP contribution in [-0.4, -0.2) is 34.9 Å². The first-order chi connectivity index (χ1) is 13.6. The van der Waals surface area contributed by atoms with Crippen LogP contribution >= 0.6 is 0 Å². The summed E-state index contributed by atoms with van der Waals surface area (Å²) in [4.78, 5) is 23.8. The van der Waals surface area contributed by atoms with Gasteiger partial charge in [0.1, 0.15) is 5.76 Å². The van der Waals surface area contributed by atoms with Crippen LogP contribution in [0.25, 0.3) is 0 Å². The van der Waals surface area contributed by atoms with Crippen molar-refractivity contribution in [1.82, 2.24) is 5.32 Å². The van der Waals surface area contributed by atoms with E-state index < -0.39 is 11.6 Å². The first kappa shape index (κ1) is 24.2. The summed E-state index contributed by atoms with van der Waals surface area (Å²) in [6, 6.07) is 0. The van der Waals surface area contributed by atoms with Crippen LogP contribution in [0.15, 0.2) is 35.3 Å². The highest BCUT2D eigenvalue weighted by molar-refractivity contribution is 6.48. The first-order valence-electron chi connectivity index (χ1n) is 10.8. The van der Waals surface area contributed by atoms with E-state index in [1.165, 1.54) is 51.4 Å². The molecular weight excluding hydrogens is 354 g/mol. The number of hydrogen-bond acceptors (Lipinski definition) is 5. The maximum Gasteiger partial charge on any atom is 0.232 e. The predicted molar refractivity (Wildman–Crippen MR) is 113 cm³/mol. The van der Waals surface area contributed by atoms with Crippen LogP contribution in [0.2, 0.25) is 0 Å². The van der Waals surface area contributed by atoms with Gasteiger partial charge in [-0.05, 0) is 32.1 Å². The second kappa shape index (κ2) is 15.1. The molecule has 0 unspecified atom stereocenters. The van der Waals surface area contributed by atoms with Gasteiger partial charge >= 0.3 is 0 Å². The largest absolute Gasteiger partial charge is 0.505 e. The average molecular weight is 392 g/mol. The van der Waals surface area contributed by atoms with E-state index in [1.54, 1.807) is 0 Å². The zero-order valence-electron chi connectivity index (χ0n) is 17.3. The number of Topliss-reactive ketones (excluding diaryl/α,β-unsaturated/α-hetero) is 1. The van der Waals surface area contributed by atoms with Gasteiger partial charge in [-0.1, -0.05) is 64.0 Å². The van der Waals surface area contributed by atoms with Gasteiger partial charge in [-0.2, -0.15) is 0 Å². The van der Waals surface area contributed by atoms with Gasteiger partial charge in [0.2, 0.25) is 11.6 Å². The molecule has 5 nitrogen and oxygen atoms in total. The number of unbranched alkanes of at least 4 members (excludes halogenated alkanes) is 9. The summed E-state index contributed by atoms with van der Waals surface area (Å²) in [5, 5.41) is 21.9. The van der Waals surface area contributed by atoms with Gasteiger partial charge in [0.15, 0.2) is 0 Å². The molecule has 0 heterocycles. The third kappa shape index (κ3) is 9.36. The molecule has 0 aromatic carbocycles. The molecule has 0 aromatic heterocycles. The molecule has 0 bridgehead atoms. The zero-order valence-corrected chi connectivity index (χ0v) is 17.3. The molecule has 0 atom stereocenters. The monoisotopic (exact) mass is 391 g/mol. The van der Waals surface area contributed by atoms with Crippen LogP contribution in [0.3, 0.4) is 0 Å². The molecule has 0 saturated carbocycles. The fourth-order valence-corrected chi connectivity index (χ4v) is 3.25. The Labute approximate surface area is 169 Å². The smallest absolute Gasteiger partial charge is 0.232 e. The van der Waals surface area contributed by atoms with Crippen molar-refractivity contribution in [2.75, 3.05) is 13.2 Å². The van der Waals surface area contributed by atoms with Crippen LogP contribution in [-0.2, 0) is 9.59 Å². The number of allylic oxidation sites excluding steroid dienone is 4. The standard InChI is InChI=1S/C23H37NO4/c1-2-3-4-5-6-7-8-9-10-11-12-13-14-15-19-22(27)20(24-16-17-25)18-21(26)23(19)28/h5-6,18,24-25,27H,2-4,7-17H2,1H3/b6-5-. The number of carbonyl (C=O) groups excluding carboxylic acids is 2. The van der Waals surface area contributed by atoms with E-state index in [1.807, 2.05) is 0 Å². The minimum Gasteiger partial charge on any atom is -0.505 e. The summed E-state index contributed by atoms with van der Waals surface area (Å²) >= 11 is 0. The van der Waals surface area contributed by atoms with Crippen molar-refractivity contribution in [3.8, 4) is 0 Å². The second-order valence-electron chi connectivity index (χ2n) is 7.36. The van der Waals surface area contributed by atoms with Crippen LogP contribution in [0.1, 0.15) is 84.0 Å². The van der Waals surface area contributed by atoms with Gasteiger partial charge in [0.05, 0.1) is 12.3 Å². The molecule has 0 radical (unpaired) electrons. The maximum atomic E-state index is 12.0. The van der Waals surface area contributed by atoms with E-state index in [0.717, 1.165) is 25.3 Å². The molecule has 0 aliphatic heterocycles. The second-order valence-corrected chi connectivity index (χ2v) is 7.36. The fraction of sp³-hybridized carbons (Fsp3) is 0.652. The van der Waals surface area contributed by atoms with Gasteiger partial charge in [-0.15, -0.1) is 0 Å². The Morgan fingerprint density at radius 3 is 2.18 bits per heavy atom. The summed E-state index contributed by atoms with van der Waals surface area (Å²) in [7, 11) is 0. The fourth-order valence-electron chi connectivity index (χ4n) is 3.25. The SMILES string of the molecule is CCCC/C=C\CCCCCCCCCC1=C(O)C(NCCO)=CC(=O)C1=O. The quantitative estimate of drug-likeness (QED) is 0.154. The summed E-state index contributed by atoms with van der Waals surface area (Å²) in [5.41, 5.74) is 0.431. The normalized spacial score (nSPS) is 14.9. The van der Waals surface area contributed by atoms with Crippen LogP contribution in [0.5, 0.6) is 0 Å². The Morgan fingerprint density at radius 1 is 0.929 bits per heavy atom. The number of aliphatic hydroxyl groups excluding tert-OH is 2. The van der Waals surface area contributed by atoms with Gasteiger partial charge in [0.25, 0.3) is 0 Å². The number of ketones is 2. The molecule has 1 aliphatic carbocycles. The number of nitrogens with one attached hydrogen (secondary N) is 1. The van der Waals surface area contributed by atoms with E-state index in [4.69, 9.17) is 5.11 Å². The van der Waals surface area contributed by atoms with Crippen molar-refractivity contribution in [2.45, 2.75) is 84.0 Å². The van der Waals surface area contributed by atoms with Crippen molar-refractivity contribution >= 4 is 11.6 Å². The molecule has 1 aliphatic rings. The molecule has 1 rings (SSSR count). The zero-order chi connectivity index (χ0) is 20.6. The van der Waals surface area contributed by atoms with E-state index >= 15 is 0 Å². The van der Waals surface area contributed by atoms with Crippen LogP contribution in [0, 0.1) is 0 Å².